The third-order valence-electron chi connectivity index (χ3n) is 6.40. The minimum absolute atomic E-state index is 0.0740. The van der Waals surface area contributed by atoms with Gasteiger partial charge in [-0.3, -0.25) is 4.68 Å². The Labute approximate surface area is 216 Å². The number of anilines is 2. The monoisotopic (exact) mass is 518 g/mol. The van der Waals surface area contributed by atoms with Crippen LogP contribution < -0.4 is 10.1 Å². The first-order valence-electron chi connectivity index (χ1n) is 11.7. The molecular weight excluding hydrogens is 496 g/mol. The van der Waals surface area contributed by atoms with E-state index in [1.54, 1.807) is 33.7 Å². The van der Waals surface area contributed by atoms with E-state index in [0.717, 1.165) is 12.1 Å². The molecule has 188 valence electrons. The fourth-order valence-corrected chi connectivity index (χ4v) is 4.65. The summed E-state index contributed by atoms with van der Waals surface area (Å²) in [5.74, 6) is 1.89. The summed E-state index contributed by atoms with van der Waals surface area (Å²) >= 11 is 6.74. The summed E-state index contributed by atoms with van der Waals surface area (Å²) < 4.78 is 16.8. The third-order valence-corrected chi connectivity index (χ3v) is 6.77. The molecule has 1 N–H and O–H groups in total. The minimum Gasteiger partial charge on any atom is -0.451 e. The molecule has 1 aliphatic rings. The van der Waals surface area contributed by atoms with Crippen LogP contribution in [0.5, 0.6) is 11.5 Å². The van der Waals surface area contributed by atoms with E-state index >= 15 is 0 Å². The Morgan fingerprint density at radius 2 is 2.16 bits per heavy atom. The van der Waals surface area contributed by atoms with Crippen LogP contribution in [0.1, 0.15) is 32.0 Å². The van der Waals surface area contributed by atoms with Crippen LogP contribution in [0.3, 0.4) is 0 Å². The lowest BCUT2D eigenvalue weighted by Gasteiger charge is -2.20. The quantitative estimate of drug-likeness (QED) is 0.351. The Balaban J connectivity index is 1.33. The molecule has 0 amide bonds. The summed E-state index contributed by atoms with van der Waals surface area (Å²) in [7, 11) is 1.83. The Morgan fingerprint density at radius 1 is 1.30 bits per heavy atom. The molecule has 13 heteroatoms. The van der Waals surface area contributed by atoms with Crippen molar-refractivity contribution in [2.75, 3.05) is 18.5 Å². The van der Waals surface area contributed by atoms with E-state index in [2.05, 4.69) is 31.4 Å². The number of aromatic nitrogens is 8. The van der Waals surface area contributed by atoms with Gasteiger partial charge in [0.1, 0.15) is 10.5 Å². The Morgan fingerprint density at radius 3 is 2.95 bits per heavy atom. The van der Waals surface area contributed by atoms with Gasteiger partial charge in [0.25, 0.3) is 0 Å². The van der Waals surface area contributed by atoms with Crippen LogP contribution in [-0.2, 0) is 17.2 Å². The second-order valence-corrected chi connectivity index (χ2v) is 9.75. The minimum atomic E-state index is -0.729. The van der Waals surface area contributed by atoms with Gasteiger partial charge in [-0.15, -0.1) is 0 Å². The molecule has 0 aliphatic carbocycles. The molecule has 1 atom stereocenters. The Bertz CT molecular complexity index is 1670. The maximum atomic E-state index is 9.75. The van der Waals surface area contributed by atoms with Crippen molar-refractivity contribution in [3.05, 3.63) is 47.6 Å². The maximum Gasteiger partial charge on any atom is 0.210 e. The van der Waals surface area contributed by atoms with Gasteiger partial charge in [-0.2, -0.15) is 20.4 Å². The van der Waals surface area contributed by atoms with Crippen molar-refractivity contribution < 1.29 is 9.47 Å². The summed E-state index contributed by atoms with van der Waals surface area (Å²) in [6.07, 6.45) is 7.33. The van der Waals surface area contributed by atoms with Gasteiger partial charge in [0.15, 0.2) is 28.6 Å². The summed E-state index contributed by atoms with van der Waals surface area (Å²) in [4.78, 5) is 13.4. The third kappa shape index (κ3) is 4.02. The van der Waals surface area contributed by atoms with Crippen LogP contribution in [0.4, 0.5) is 11.8 Å². The Kier molecular flexibility index (Phi) is 5.47. The van der Waals surface area contributed by atoms with Gasteiger partial charge in [-0.25, -0.2) is 14.5 Å². The highest BCUT2D eigenvalue weighted by Crippen LogP contribution is 2.36. The largest absolute Gasteiger partial charge is 0.451 e. The topological polar surface area (TPSA) is 133 Å². The van der Waals surface area contributed by atoms with Gasteiger partial charge in [-0.05, 0) is 20.3 Å². The zero-order chi connectivity index (χ0) is 25.7. The molecule has 1 aliphatic heterocycles. The number of nitrogens with one attached hydrogen (secondary N) is 1. The second kappa shape index (κ2) is 8.72. The molecule has 0 bridgehead atoms. The molecule has 1 saturated heterocycles. The molecule has 6 rings (SSSR count). The number of hydrogen-bond donors (Lipinski definition) is 1. The molecule has 0 spiro atoms. The SMILES string of the molecule is Cn1c(Nc2cc(C(C)(C)C#N)n([C@H]3CCOC3)n2)nc2ncc(Oc3cnc4ccnn4c3)c(Cl)c21. The zero-order valence-electron chi connectivity index (χ0n) is 20.4. The van der Waals surface area contributed by atoms with Crippen LogP contribution in [0.15, 0.2) is 36.9 Å². The number of hydrogen-bond acceptors (Lipinski definition) is 9. The summed E-state index contributed by atoms with van der Waals surface area (Å²) in [6.45, 7) is 4.98. The van der Waals surface area contributed by atoms with E-state index in [1.165, 1.54) is 6.20 Å². The average Bonchev–Trinajstić information content (AvgIpc) is 3.68. The number of nitrogens with zero attached hydrogens (tertiary/aromatic N) is 9. The molecule has 12 nitrogen and oxygen atoms in total. The van der Waals surface area contributed by atoms with Crippen LogP contribution in [-0.4, -0.2) is 52.1 Å². The first-order chi connectivity index (χ1) is 17.8. The fraction of sp³-hybridized carbons (Fsp3) is 0.333. The first kappa shape index (κ1) is 23.2. The van der Waals surface area contributed by atoms with Crippen molar-refractivity contribution >= 4 is 40.2 Å². The van der Waals surface area contributed by atoms with Crippen molar-refractivity contribution in [3.8, 4) is 17.6 Å². The highest BCUT2D eigenvalue weighted by molar-refractivity contribution is 6.36. The van der Waals surface area contributed by atoms with E-state index in [1.807, 2.05) is 31.6 Å². The smallest absolute Gasteiger partial charge is 0.210 e. The van der Waals surface area contributed by atoms with Gasteiger partial charge in [-0.1, -0.05) is 11.6 Å². The van der Waals surface area contributed by atoms with E-state index < -0.39 is 5.41 Å². The predicted molar refractivity (Wildman–Crippen MR) is 135 cm³/mol. The number of nitriles is 1. The molecule has 5 aromatic rings. The summed E-state index contributed by atoms with van der Waals surface area (Å²) in [5, 5.41) is 22.3. The van der Waals surface area contributed by atoms with Gasteiger partial charge in [0.05, 0.1) is 54.6 Å². The number of pyridine rings is 1. The molecule has 37 heavy (non-hydrogen) atoms. The van der Waals surface area contributed by atoms with Gasteiger partial charge in [0.2, 0.25) is 5.95 Å². The average molecular weight is 519 g/mol. The first-order valence-corrected chi connectivity index (χ1v) is 12.1. The maximum absolute atomic E-state index is 9.75. The standard InChI is InChI=1S/C24H23ClN10O2/c1-24(2,13-26)17-8-18(32-35(17)14-5-7-36-12-14)30-23-31-22-21(33(23)3)20(25)16(10-28-22)37-15-9-27-19-4-6-29-34(19)11-15/h4,6,8-11,14H,5,7,12H2,1-3H3,(H,28,30,31,32)/t14-/m0/s1. The molecule has 1 fully saturated rings. The Hall–Kier alpha value is -4.21. The molecule has 0 aromatic carbocycles. The number of rotatable bonds is 6. The number of aryl methyl sites for hydroxylation is 1. The van der Waals surface area contributed by atoms with Crippen molar-refractivity contribution in [1.82, 2.24) is 38.9 Å². The van der Waals surface area contributed by atoms with E-state index in [9.17, 15) is 5.26 Å². The van der Waals surface area contributed by atoms with E-state index in [-0.39, 0.29) is 6.04 Å². The molecule has 0 radical (unpaired) electrons. The number of halogens is 1. The lowest BCUT2D eigenvalue weighted by molar-refractivity contribution is 0.183. The van der Waals surface area contributed by atoms with Crippen LogP contribution >= 0.6 is 11.6 Å². The van der Waals surface area contributed by atoms with Crippen molar-refractivity contribution in [1.29, 1.82) is 5.26 Å². The van der Waals surface area contributed by atoms with Gasteiger partial charge >= 0.3 is 0 Å². The van der Waals surface area contributed by atoms with Gasteiger partial charge in [0, 0.05) is 25.8 Å². The molecule has 0 saturated carbocycles. The highest BCUT2D eigenvalue weighted by Gasteiger charge is 2.31. The lowest BCUT2D eigenvalue weighted by Crippen LogP contribution is -2.23. The van der Waals surface area contributed by atoms with Crippen LogP contribution in [0.25, 0.3) is 16.8 Å². The number of fused-ring (bicyclic) bond motifs is 2. The normalized spacial score (nSPS) is 15.9. The molecule has 0 unspecified atom stereocenters. The fourth-order valence-electron chi connectivity index (χ4n) is 4.36. The highest BCUT2D eigenvalue weighted by atomic mass is 35.5. The molecule has 5 aromatic heterocycles. The van der Waals surface area contributed by atoms with E-state index in [0.29, 0.717) is 58.3 Å². The van der Waals surface area contributed by atoms with E-state index in [4.69, 9.17) is 26.2 Å². The second-order valence-electron chi connectivity index (χ2n) is 9.37. The number of ether oxygens (including phenoxy) is 2. The van der Waals surface area contributed by atoms with Crippen molar-refractivity contribution in [3.63, 3.8) is 0 Å². The number of imidazole rings is 1. The van der Waals surface area contributed by atoms with Gasteiger partial charge < -0.3 is 19.4 Å². The predicted octanol–water partition coefficient (Wildman–Crippen LogP) is 4.16. The molecular formula is C24H23ClN10O2. The van der Waals surface area contributed by atoms with Crippen molar-refractivity contribution in [2.24, 2.45) is 7.05 Å². The van der Waals surface area contributed by atoms with Crippen LogP contribution in [0, 0.1) is 11.3 Å². The van der Waals surface area contributed by atoms with Crippen molar-refractivity contribution in [2.45, 2.75) is 31.7 Å². The molecule has 6 heterocycles. The lowest BCUT2D eigenvalue weighted by atomic mass is 9.91. The summed E-state index contributed by atoms with van der Waals surface area (Å²) in [6, 6.07) is 6.12. The summed E-state index contributed by atoms with van der Waals surface area (Å²) in [5.41, 5.74) is 1.83. The van der Waals surface area contributed by atoms with Crippen LogP contribution in [0.2, 0.25) is 5.02 Å². The zero-order valence-corrected chi connectivity index (χ0v) is 21.1.